The normalized spacial score (nSPS) is 14.6. The van der Waals surface area contributed by atoms with Gasteiger partial charge in [-0.25, -0.2) is 4.68 Å². The topological polar surface area (TPSA) is 76.5 Å². The summed E-state index contributed by atoms with van der Waals surface area (Å²) in [5.41, 5.74) is 2.68. The van der Waals surface area contributed by atoms with Crippen LogP contribution in [0.1, 0.15) is 34.9 Å². The molecule has 1 aromatic carbocycles. The first kappa shape index (κ1) is 13.5. The number of para-hydroxylation sites is 1. The van der Waals surface area contributed by atoms with Crippen LogP contribution in [0.25, 0.3) is 10.9 Å². The molecule has 112 valence electrons. The predicted molar refractivity (Wildman–Crippen MR) is 84.2 cm³/mol. The molecule has 4 rings (SSSR count). The van der Waals surface area contributed by atoms with Crippen molar-refractivity contribution < 1.29 is 4.79 Å². The minimum atomic E-state index is 0.102. The maximum absolute atomic E-state index is 12.6. The molecule has 0 amide bonds. The van der Waals surface area contributed by atoms with E-state index in [2.05, 4.69) is 20.5 Å². The van der Waals surface area contributed by atoms with Crippen LogP contribution >= 0.6 is 11.8 Å². The fourth-order valence-corrected chi connectivity index (χ4v) is 3.48. The highest BCUT2D eigenvalue weighted by molar-refractivity contribution is 7.99. The molecular weight excluding hydrogens is 298 g/mol. The summed E-state index contributed by atoms with van der Waals surface area (Å²) in [6.07, 6.45) is 2.24. The summed E-state index contributed by atoms with van der Waals surface area (Å²) in [5, 5.41) is 13.4. The summed E-state index contributed by atoms with van der Waals surface area (Å²) < 4.78 is 1.83. The Morgan fingerprint density at radius 1 is 1.41 bits per heavy atom. The number of nitrogens with one attached hydrogen (secondary N) is 1. The monoisotopic (exact) mass is 313 g/mol. The number of nitrogens with zero attached hydrogens (tertiary/aromatic N) is 4. The molecule has 1 aliphatic rings. The number of fused-ring (bicyclic) bond motifs is 1. The second-order valence-electron chi connectivity index (χ2n) is 5.52. The molecule has 0 bridgehead atoms. The number of ketones is 1. The van der Waals surface area contributed by atoms with Gasteiger partial charge in [-0.1, -0.05) is 30.0 Å². The minimum absolute atomic E-state index is 0.102. The van der Waals surface area contributed by atoms with Gasteiger partial charge < -0.3 is 4.98 Å². The Bertz CT molecular complexity index is 849. The lowest BCUT2D eigenvalue weighted by molar-refractivity contribution is 0.102. The third kappa shape index (κ3) is 2.31. The van der Waals surface area contributed by atoms with Crippen molar-refractivity contribution in [3.05, 3.63) is 35.5 Å². The summed E-state index contributed by atoms with van der Waals surface area (Å²) in [7, 11) is 0. The molecule has 0 atom stereocenters. The van der Waals surface area contributed by atoms with Crippen molar-refractivity contribution >= 4 is 28.4 Å². The Morgan fingerprint density at radius 3 is 3.05 bits per heavy atom. The molecule has 3 aromatic rings. The number of hydrogen-bond donors (Lipinski definition) is 1. The van der Waals surface area contributed by atoms with Crippen molar-refractivity contribution in [1.82, 2.24) is 25.2 Å². The molecule has 22 heavy (non-hydrogen) atoms. The number of hydrogen-bond acceptors (Lipinski definition) is 5. The van der Waals surface area contributed by atoms with Gasteiger partial charge in [-0.15, -0.1) is 5.10 Å². The van der Waals surface area contributed by atoms with Crippen LogP contribution in [-0.4, -0.2) is 36.7 Å². The first-order chi connectivity index (χ1) is 10.7. The lowest BCUT2D eigenvalue weighted by Gasteiger charge is -2.02. The van der Waals surface area contributed by atoms with Crippen molar-refractivity contribution in [2.24, 2.45) is 0 Å². The molecule has 0 unspecified atom stereocenters. The lowest BCUT2D eigenvalue weighted by Crippen LogP contribution is -2.06. The summed E-state index contributed by atoms with van der Waals surface area (Å²) in [6, 6.07) is 8.30. The number of tetrazole rings is 1. The molecule has 7 heteroatoms. The number of carbonyl (C=O) groups is 1. The van der Waals surface area contributed by atoms with Crippen LogP contribution in [-0.2, 0) is 0 Å². The number of Topliss-reactive ketones (excluding diaryl/α,β-unsaturated/α-hetero) is 1. The minimum Gasteiger partial charge on any atom is -0.358 e. The number of aromatic amines is 1. The van der Waals surface area contributed by atoms with Crippen molar-refractivity contribution in [3.8, 4) is 0 Å². The Morgan fingerprint density at radius 2 is 2.23 bits per heavy atom. The van der Waals surface area contributed by atoms with E-state index in [9.17, 15) is 4.79 Å². The molecule has 1 N–H and O–H groups in total. The number of benzene rings is 1. The summed E-state index contributed by atoms with van der Waals surface area (Å²) in [6.45, 7) is 1.94. The third-order valence-electron chi connectivity index (χ3n) is 3.86. The molecular formula is C15H15N5OS. The average molecular weight is 313 g/mol. The van der Waals surface area contributed by atoms with Gasteiger partial charge in [0.2, 0.25) is 5.16 Å². The van der Waals surface area contributed by atoms with Crippen LogP contribution in [0.2, 0.25) is 0 Å². The van der Waals surface area contributed by atoms with Gasteiger partial charge in [-0.3, -0.25) is 4.79 Å². The number of rotatable bonds is 5. The maximum Gasteiger partial charge on any atom is 0.210 e. The molecule has 0 spiro atoms. The summed E-state index contributed by atoms with van der Waals surface area (Å²) in [4.78, 5) is 15.9. The highest BCUT2D eigenvalue weighted by atomic mass is 32.2. The Kier molecular flexibility index (Phi) is 3.22. The zero-order valence-corrected chi connectivity index (χ0v) is 12.9. The van der Waals surface area contributed by atoms with Crippen molar-refractivity contribution in [2.45, 2.75) is 31.0 Å². The SMILES string of the molecule is Cc1[nH]c2ccccc2c1C(=O)CSc1nnnn1C1CC1. The molecule has 1 aliphatic carbocycles. The largest absolute Gasteiger partial charge is 0.358 e. The maximum atomic E-state index is 12.6. The molecule has 0 radical (unpaired) electrons. The van der Waals surface area contributed by atoms with E-state index in [4.69, 9.17) is 0 Å². The molecule has 1 saturated carbocycles. The van der Waals surface area contributed by atoms with Crippen LogP contribution in [0, 0.1) is 6.92 Å². The highest BCUT2D eigenvalue weighted by Gasteiger charge is 2.28. The van der Waals surface area contributed by atoms with Gasteiger partial charge in [0.25, 0.3) is 0 Å². The number of H-pyrrole nitrogens is 1. The van der Waals surface area contributed by atoms with Gasteiger partial charge in [-0.05, 0) is 36.3 Å². The van der Waals surface area contributed by atoms with Crippen LogP contribution in [0.3, 0.4) is 0 Å². The second kappa shape index (κ2) is 5.24. The van der Waals surface area contributed by atoms with Crippen LogP contribution < -0.4 is 0 Å². The molecule has 1 fully saturated rings. The average Bonchev–Trinajstić information content (AvgIpc) is 3.15. The van der Waals surface area contributed by atoms with Gasteiger partial charge in [0.1, 0.15) is 0 Å². The van der Waals surface area contributed by atoms with Gasteiger partial charge >= 0.3 is 0 Å². The van der Waals surface area contributed by atoms with Crippen LogP contribution in [0.4, 0.5) is 0 Å². The smallest absolute Gasteiger partial charge is 0.210 e. The first-order valence-electron chi connectivity index (χ1n) is 7.25. The fraction of sp³-hybridized carbons (Fsp3) is 0.333. The van der Waals surface area contributed by atoms with Crippen molar-refractivity contribution in [1.29, 1.82) is 0 Å². The van der Waals surface area contributed by atoms with E-state index < -0.39 is 0 Å². The Hall–Kier alpha value is -2.15. The van der Waals surface area contributed by atoms with E-state index in [0.29, 0.717) is 11.8 Å². The molecule has 2 heterocycles. The van der Waals surface area contributed by atoms with Crippen LogP contribution in [0.15, 0.2) is 29.4 Å². The van der Waals surface area contributed by atoms with E-state index in [1.165, 1.54) is 11.8 Å². The Labute approximate surface area is 131 Å². The zero-order valence-electron chi connectivity index (χ0n) is 12.1. The zero-order chi connectivity index (χ0) is 15.1. The standard InChI is InChI=1S/C15H15N5OS/c1-9-14(11-4-2-3-5-12(11)16-9)13(21)8-22-15-17-18-19-20(15)10-6-7-10/h2-5,10,16H,6-8H2,1H3. The molecule has 2 aromatic heterocycles. The summed E-state index contributed by atoms with van der Waals surface area (Å²) >= 11 is 1.41. The van der Waals surface area contributed by atoms with Gasteiger partial charge in [0.05, 0.1) is 11.8 Å². The van der Waals surface area contributed by atoms with Crippen molar-refractivity contribution in [3.63, 3.8) is 0 Å². The highest BCUT2D eigenvalue weighted by Crippen LogP contribution is 2.36. The number of aryl methyl sites for hydroxylation is 1. The Balaban J connectivity index is 1.56. The van der Waals surface area contributed by atoms with E-state index in [1.807, 2.05) is 35.9 Å². The van der Waals surface area contributed by atoms with E-state index >= 15 is 0 Å². The van der Waals surface area contributed by atoms with Crippen molar-refractivity contribution in [2.75, 3.05) is 5.75 Å². The molecule has 0 aliphatic heterocycles. The number of aromatic nitrogens is 5. The van der Waals surface area contributed by atoms with Gasteiger partial charge in [0.15, 0.2) is 5.78 Å². The number of thioether (sulfide) groups is 1. The molecule has 0 saturated heterocycles. The van der Waals surface area contributed by atoms with Gasteiger partial charge in [-0.2, -0.15) is 0 Å². The van der Waals surface area contributed by atoms with E-state index in [0.717, 1.165) is 40.2 Å². The molecule has 6 nitrogen and oxygen atoms in total. The fourth-order valence-electron chi connectivity index (χ4n) is 2.67. The first-order valence-corrected chi connectivity index (χ1v) is 8.24. The van der Waals surface area contributed by atoms with E-state index in [-0.39, 0.29) is 5.78 Å². The lowest BCUT2D eigenvalue weighted by atomic mass is 10.1. The second-order valence-corrected chi connectivity index (χ2v) is 6.46. The third-order valence-corrected chi connectivity index (χ3v) is 4.79. The number of carbonyl (C=O) groups excluding carboxylic acids is 1. The van der Waals surface area contributed by atoms with E-state index in [1.54, 1.807) is 0 Å². The predicted octanol–water partition coefficient (Wildman–Crippen LogP) is 2.77. The summed E-state index contributed by atoms with van der Waals surface area (Å²) in [5.74, 6) is 0.445. The quantitative estimate of drug-likeness (QED) is 0.579. The van der Waals surface area contributed by atoms with Crippen LogP contribution in [0.5, 0.6) is 0 Å². The van der Waals surface area contributed by atoms with Gasteiger partial charge in [0, 0.05) is 22.2 Å².